The molecule has 1 aromatic carbocycles. The van der Waals surface area contributed by atoms with Crippen LogP contribution in [0.2, 0.25) is 0 Å². The predicted molar refractivity (Wildman–Crippen MR) is 102 cm³/mol. The molecule has 7 nitrogen and oxygen atoms in total. The van der Waals surface area contributed by atoms with E-state index < -0.39 is 0 Å². The molecule has 0 aliphatic heterocycles. The molecule has 0 atom stereocenters. The maximum atomic E-state index is 9.89. The van der Waals surface area contributed by atoms with Gasteiger partial charge in [0.2, 0.25) is 0 Å². The Morgan fingerprint density at radius 3 is 2.78 bits per heavy atom. The Morgan fingerprint density at radius 2 is 1.93 bits per heavy atom. The third-order valence-electron chi connectivity index (χ3n) is 4.30. The number of anilines is 1. The van der Waals surface area contributed by atoms with Gasteiger partial charge in [-0.25, -0.2) is 9.50 Å². The first-order chi connectivity index (χ1) is 13.2. The van der Waals surface area contributed by atoms with Crippen molar-refractivity contribution in [2.45, 2.75) is 13.0 Å². The second kappa shape index (κ2) is 7.43. The number of aromatic nitrogens is 4. The average molecular weight is 361 g/mol. The molecule has 0 saturated carbocycles. The Kier molecular flexibility index (Phi) is 4.67. The van der Waals surface area contributed by atoms with Gasteiger partial charge in [0.1, 0.15) is 17.3 Å². The third kappa shape index (κ3) is 3.58. The zero-order valence-corrected chi connectivity index (χ0v) is 14.6. The fourth-order valence-corrected chi connectivity index (χ4v) is 2.89. The molecule has 7 heteroatoms. The van der Waals surface area contributed by atoms with Gasteiger partial charge in [0.15, 0.2) is 5.65 Å². The van der Waals surface area contributed by atoms with Gasteiger partial charge in [-0.15, -0.1) is 5.10 Å². The number of imidazole rings is 1. The van der Waals surface area contributed by atoms with Crippen molar-refractivity contribution in [3.63, 3.8) is 0 Å². The molecule has 4 rings (SSSR count). The lowest BCUT2D eigenvalue weighted by Crippen LogP contribution is -2.05. The van der Waals surface area contributed by atoms with Gasteiger partial charge in [-0.1, -0.05) is 18.2 Å². The quantitative estimate of drug-likeness (QED) is 0.489. The normalized spacial score (nSPS) is 11.0. The number of phenolic OH excluding ortho intramolecular Hbond substituents is 1. The van der Waals surface area contributed by atoms with Crippen LogP contribution in [0.1, 0.15) is 11.1 Å². The SMILES string of the molecule is OCCc1ccnc(-c2cnc3ccc(NCc4ccccc4O)nn23)c1. The molecule has 0 bridgehead atoms. The predicted octanol–water partition coefficient (Wildman–Crippen LogP) is 2.64. The molecule has 0 amide bonds. The van der Waals surface area contributed by atoms with Gasteiger partial charge in [0.25, 0.3) is 0 Å². The van der Waals surface area contributed by atoms with Crippen LogP contribution < -0.4 is 5.32 Å². The monoisotopic (exact) mass is 361 g/mol. The number of pyridine rings is 1. The highest BCUT2D eigenvalue weighted by Gasteiger charge is 2.10. The van der Waals surface area contributed by atoms with Gasteiger partial charge in [-0.3, -0.25) is 4.98 Å². The molecule has 0 radical (unpaired) electrons. The number of rotatable bonds is 6. The highest BCUT2D eigenvalue weighted by Crippen LogP contribution is 2.21. The first-order valence-corrected chi connectivity index (χ1v) is 8.66. The minimum absolute atomic E-state index is 0.0925. The summed E-state index contributed by atoms with van der Waals surface area (Å²) in [6.07, 6.45) is 4.03. The maximum Gasteiger partial charge on any atom is 0.154 e. The van der Waals surface area contributed by atoms with E-state index >= 15 is 0 Å². The van der Waals surface area contributed by atoms with Crippen LogP contribution in [0.5, 0.6) is 5.75 Å². The molecule has 0 spiro atoms. The maximum absolute atomic E-state index is 9.89. The Hall–Kier alpha value is -3.45. The minimum Gasteiger partial charge on any atom is -0.508 e. The molecule has 0 saturated heterocycles. The van der Waals surface area contributed by atoms with E-state index in [1.54, 1.807) is 29.0 Å². The van der Waals surface area contributed by atoms with Crippen LogP contribution in [0.15, 0.2) is 60.9 Å². The van der Waals surface area contributed by atoms with Gasteiger partial charge >= 0.3 is 0 Å². The summed E-state index contributed by atoms with van der Waals surface area (Å²) < 4.78 is 1.73. The molecule has 136 valence electrons. The van der Waals surface area contributed by atoms with E-state index in [4.69, 9.17) is 5.11 Å². The number of aromatic hydroxyl groups is 1. The van der Waals surface area contributed by atoms with Gasteiger partial charge in [-0.05, 0) is 42.3 Å². The number of benzene rings is 1. The Balaban J connectivity index is 1.63. The van der Waals surface area contributed by atoms with Crippen molar-refractivity contribution in [3.05, 3.63) is 72.1 Å². The van der Waals surface area contributed by atoms with Crippen LogP contribution in [-0.4, -0.2) is 36.4 Å². The summed E-state index contributed by atoms with van der Waals surface area (Å²) in [6, 6.07) is 14.7. The molecule has 27 heavy (non-hydrogen) atoms. The first-order valence-electron chi connectivity index (χ1n) is 8.66. The van der Waals surface area contributed by atoms with Crippen molar-refractivity contribution in [1.29, 1.82) is 0 Å². The summed E-state index contributed by atoms with van der Waals surface area (Å²) in [4.78, 5) is 8.80. The number of nitrogens with one attached hydrogen (secondary N) is 1. The highest BCUT2D eigenvalue weighted by molar-refractivity contribution is 5.60. The first kappa shape index (κ1) is 17.0. The number of aliphatic hydroxyl groups excluding tert-OH is 1. The summed E-state index contributed by atoms with van der Waals surface area (Å²) in [7, 11) is 0. The summed E-state index contributed by atoms with van der Waals surface area (Å²) in [5, 5.41) is 26.9. The zero-order valence-electron chi connectivity index (χ0n) is 14.6. The fraction of sp³-hybridized carbons (Fsp3) is 0.150. The molecular formula is C20H19N5O2. The summed E-state index contributed by atoms with van der Waals surface area (Å²) in [5.41, 5.74) is 4.04. The van der Waals surface area contributed by atoms with E-state index in [1.807, 2.05) is 36.4 Å². The van der Waals surface area contributed by atoms with Gasteiger partial charge in [0.05, 0.1) is 11.9 Å². The smallest absolute Gasteiger partial charge is 0.154 e. The fourth-order valence-electron chi connectivity index (χ4n) is 2.89. The lowest BCUT2D eigenvalue weighted by Gasteiger charge is -2.08. The Labute approximate surface area is 156 Å². The van der Waals surface area contributed by atoms with E-state index in [-0.39, 0.29) is 12.4 Å². The van der Waals surface area contributed by atoms with Crippen LogP contribution in [0.4, 0.5) is 5.82 Å². The van der Waals surface area contributed by atoms with Gasteiger partial charge < -0.3 is 15.5 Å². The summed E-state index contributed by atoms with van der Waals surface area (Å²) >= 11 is 0. The van der Waals surface area contributed by atoms with Crippen LogP contribution in [0.25, 0.3) is 17.0 Å². The van der Waals surface area contributed by atoms with Crippen LogP contribution in [0.3, 0.4) is 0 Å². The van der Waals surface area contributed by atoms with Crippen molar-refractivity contribution < 1.29 is 10.2 Å². The van der Waals surface area contributed by atoms with Gasteiger partial charge in [-0.2, -0.15) is 0 Å². The number of phenols is 1. The van der Waals surface area contributed by atoms with Crippen molar-refractivity contribution in [2.75, 3.05) is 11.9 Å². The van der Waals surface area contributed by atoms with Gasteiger partial charge in [0, 0.05) is 24.9 Å². The van der Waals surface area contributed by atoms with Crippen LogP contribution >= 0.6 is 0 Å². The minimum atomic E-state index is 0.0925. The number of fused-ring (bicyclic) bond motifs is 1. The second-order valence-corrected chi connectivity index (χ2v) is 6.14. The number of hydrogen-bond acceptors (Lipinski definition) is 6. The third-order valence-corrected chi connectivity index (χ3v) is 4.30. The highest BCUT2D eigenvalue weighted by atomic mass is 16.3. The lowest BCUT2D eigenvalue weighted by atomic mass is 10.1. The van der Waals surface area contributed by atoms with E-state index in [2.05, 4.69) is 20.4 Å². The molecule has 0 aliphatic rings. The Bertz CT molecular complexity index is 1080. The van der Waals surface area contributed by atoms with E-state index in [0.29, 0.717) is 24.4 Å². The molecule has 0 aliphatic carbocycles. The molecule has 0 fully saturated rings. The average Bonchev–Trinajstić information content (AvgIpc) is 3.11. The van der Waals surface area contributed by atoms with Crippen molar-refractivity contribution >= 4 is 11.5 Å². The Morgan fingerprint density at radius 1 is 1.04 bits per heavy atom. The van der Waals surface area contributed by atoms with Crippen molar-refractivity contribution in [1.82, 2.24) is 19.6 Å². The largest absolute Gasteiger partial charge is 0.508 e. The zero-order chi connectivity index (χ0) is 18.6. The van der Waals surface area contributed by atoms with E-state index in [1.165, 1.54) is 0 Å². The molecule has 0 unspecified atom stereocenters. The van der Waals surface area contributed by atoms with Crippen molar-refractivity contribution in [2.24, 2.45) is 0 Å². The number of nitrogens with zero attached hydrogens (tertiary/aromatic N) is 4. The molecule has 3 heterocycles. The molecule has 4 aromatic rings. The topological polar surface area (TPSA) is 95.6 Å². The number of hydrogen-bond donors (Lipinski definition) is 3. The number of para-hydroxylation sites is 1. The van der Waals surface area contributed by atoms with Crippen LogP contribution in [0, 0.1) is 0 Å². The second-order valence-electron chi connectivity index (χ2n) is 6.14. The van der Waals surface area contributed by atoms with E-state index in [9.17, 15) is 5.11 Å². The summed E-state index contributed by atoms with van der Waals surface area (Å²) in [6.45, 7) is 0.550. The summed E-state index contributed by atoms with van der Waals surface area (Å²) in [5.74, 6) is 0.913. The van der Waals surface area contributed by atoms with E-state index in [0.717, 1.165) is 22.5 Å². The van der Waals surface area contributed by atoms with Crippen LogP contribution in [-0.2, 0) is 13.0 Å². The standard InChI is InChI=1S/C20H19N5O2/c26-10-8-14-7-9-21-16(11-14)17-13-23-20-6-5-19(24-25(17)20)22-12-15-3-1-2-4-18(15)27/h1-7,9,11,13,26-27H,8,10,12H2,(H,22,24). The molecule has 3 aromatic heterocycles. The molecule has 3 N–H and O–H groups in total. The number of aliphatic hydroxyl groups is 1. The lowest BCUT2D eigenvalue weighted by molar-refractivity contribution is 0.299. The van der Waals surface area contributed by atoms with Crippen molar-refractivity contribution in [3.8, 4) is 17.1 Å². The molecular weight excluding hydrogens is 342 g/mol.